The summed E-state index contributed by atoms with van der Waals surface area (Å²) < 4.78 is 1.98. The second-order valence-electron chi connectivity index (χ2n) is 7.14. The van der Waals surface area contributed by atoms with Gasteiger partial charge in [-0.15, -0.1) is 10.2 Å². The van der Waals surface area contributed by atoms with E-state index < -0.39 is 0 Å². The molecule has 3 aromatic carbocycles. The quantitative estimate of drug-likeness (QED) is 0.371. The molecule has 156 valence electrons. The summed E-state index contributed by atoms with van der Waals surface area (Å²) in [5.74, 6) is 0.832. The molecule has 0 saturated heterocycles. The van der Waals surface area contributed by atoms with E-state index in [1.165, 1.54) is 17.3 Å². The fraction of sp³-hybridized carbons (Fsp3) is 0.125. The minimum Gasteiger partial charge on any atom is -0.325 e. The molecule has 7 heteroatoms. The Morgan fingerprint density at radius 1 is 1.00 bits per heavy atom. The Kier molecular flexibility index (Phi) is 6.39. The molecule has 4 rings (SSSR count). The normalized spacial score (nSPS) is 10.8. The van der Waals surface area contributed by atoms with E-state index in [4.69, 9.17) is 11.6 Å². The van der Waals surface area contributed by atoms with Crippen molar-refractivity contribution in [2.24, 2.45) is 0 Å². The van der Waals surface area contributed by atoms with Crippen LogP contribution in [0, 0.1) is 13.8 Å². The molecular formula is C24H21ClN4OS. The maximum Gasteiger partial charge on any atom is 0.234 e. The van der Waals surface area contributed by atoms with Crippen LogP contribution in [-0.2, 0) is 4.79 Å². The number of aryl methyl sites for hydroxylation is 2. The van der Waals surface area contributed by atoms with Gasteiger partial charge < -0.3 is 5.32 Å². The molecule has 0 radical (unpaired) electrons. The van der Waals surface area contributed by atoms with Crippen molar-refractivity contribution in [3.63, 3.8) is 0 Å². The zero-order chi connectivity index (χ0) is 21.8. The van der Waals surface area contributed by atoms with E-state index in [1.54, 1.807) is 6.07 Å². The summed E-state index contributed by atoms with van der Waals surface area (Å²) in [5, 5.41) is 13.0. The number of hydrogen-bond donors (Lipinski definition) is 1. The van der Waals surface area contributed by atoms with Gasteiger partial charge in [0.1, 0.15) is 0 Å². The standard InChI is InChI=1S/C24H21ClN4OS/c1-16-8-10-18(11-9-16)23-27-28-24(29(23)20-6-4-3-5-7-20)31-15-22(30)26-21-13-12-19(25)14-17(21)2/h3-14H,15H2,1-2H3,(H,26,30). The SMILES string of the molecule is Cc1ccc(-c2nnc(SCC(=O)Nc3ccc(Cl)cc3C)n2-c2ccccc2)cc1. The fourth-order valence-corrected chi connectivity index (χ4v) is 4.13. The van der Waals surface area contributed by atoms with Crippen molar-refractivity contribution in [1.82, 2.24) is 14.8 Å². The van der Waals surface area contributed by atoms with Gasteiger partial charge in [0.25, 0.3) is 0 Å². The number of aromatic nitrogens is 3. The summed E-state index contributed by atoms with van der Waals surface area (Å²) in [4.78, 5) is 12.6. The number of thioether (sulfide) groups is 1. The lowest BCUT2D eigenvalue weighted by Crippen LogP contribution is -2.15. The first-order valence-electron chi connectivity index (χ1n) is 9.78. The summed E-state index contributed by atoms with van der Waals surface area (Å²) in [6, 6.07) is 23.5. The van der Waals surface area contributed by atoms with E-state index in [0.29, 0.717) is 10.2 Å². The summed E-state index contributed by atoms with van der Waals surface area (Å²) in [5.41, 5.74) is 4.76. The van der Waals surface area contributed by atoms with Gasteiger partial charge in [-0.05, 0) is 49.7 Å². The lowest BCUT2D eigenvalue weighted by atomic mass is 10.1. The highest BCUT2D eigenvalue weighted by atomic mass is 35.5. The third-order valence-corrected chi connectivity index (χ3v) is 5.92. The molecule has 0 fully saturated rings. The van der Waals surface area contributed by atoms with E-state index in [1.807, 2.05) is 85.1 Å². The van der Waals surface area contributed by atoms with Crippen molar-refractivity contribution < 1.29 is 4.79 Å². The van der Waals surface area contributed by atoms with Gasteiger partial charge in [-0.25, -0.2) is 0 Å². The third kappa shape index (κ3) is 4.98. The molecule has 31 heavy (non-hydrogen) atoms. The Morgan fingerprint density at radius 2 is 1.74 bits per heavy atom. The smallest absolute Gasteiger partial charge is 0.234 e. The first-order chi connectivity index (χ1) is 15.0. The van der Waals surface area contributed by atoms with Crippen molar-refractivity contribution in [3.8, 4) is 17.1 Å². The maximum absolute atomic E-state index is 12.6. The molecule has 0 spiro atoms. The molecule has 0 aliphatic rings. The molecular weight excluding hydrogens is 428 g/mol. The number of anilines is 1. The number of rotatable bonds is 6. The lowest BCUT2D eigenvalue weighted by molar-refractivity contribution is -0.113. The van der Waals surface area contributed by atoms with Gasteiger partial charge in [-0.3, -0.25) is 9.36 Å². The van der Waals surface area contributed by atoms with E-state index in [-0.39, 0.29) is 11.7 Å². The van der Waals surface area contributed by atoms with Crippen LogP contribution in [0.2, 0.25) is 5.02 Å². The largest absolute Gasteiger partial charge is 0.325 e. The highest BCUT2D eigenvalue weighted by Gasteiger charge is 2.17. The molecule has 0 aliphatic heterocycles. The van der Waals surface area contributed by atoms with Gasteiger partial charge in [-0.1, -0.05) is 71.4 Å². The van der Waals surface area contributed by atoms with Gasteiger partial charge in [0.05, 0.1) is 5.75 Å². The average molecular weight is 449 g/mol. The highest BCUT2D eigenvalue weighted by Crippen LogP contribution is 2.28. The van der Waals surface area contributed by atoms with E-state index in [0.717, 1.165) is 28.3 Å². The van der Waals surface area contributed by atoms with Gasteiger partial charge in [0.2, 0.25) is 5.91 Å². The minimum atomic E-state index is -0.116. The zero-order valence-corrected chi connectivity index (χ0v) is 18.7. The highest BCUT2D eigenvalue weighted by molar-refractivity contribution is 7.99. The molecule has 0 aliphatic carbocycles. The second kappa shape index (κ2) is 9.37. The Bertz CT molecular complexity index is 1210. The van der Waals surface area contributed by atoms with Crippen LogP contribution in [0.4, 0.5) is 5.69 Å². The van der Waals surface area contributed by atoms with Crippen LogP contribution in [0.1, 0.15) is 11.1 Å². The number of carbonyl (C=O) groups excluding carboxylic acids is 1. The number of nitrogens with zero attached hydrogens (tertiary/aromatic N) is 3. The first kappa shape index (κ1) is 21.2. The molecule has 1 aromatic heterocycles. The van der Waals surface area contributed by atoms with Gasteiger partial charge in [-0.2, -0.15) is 0 Å². The van der Waals surface area contributed by atoms with Crippen LogP contribution in [0.5, 0.6) is 0 Å². The topological polar surface area (TPSA) is 59.8 Å². The van der Waals surface area contributed by atoms with Crippen LogP contribution in [0.15, 0.2) is 78.0 Å². The van der Waals surface area contributed by atoms with Crippen LogP contribution in [-0.4, -0.2) is 26.4 Å². The average Bonchev–Trinajstić information content (AvgIpc) is 3.19. The van der Waals surface area contributed by atoms with Crippen LogP contribution in [0.25, 0.3) is 17.1 Å². The summed E-state index contributed by atoms with van der Waals surface area (Å²) >= 11 is 7.35. The number of nitrogens with one attached hydrogen (secondary N) is 1. The predicted octanol–water partition coefficient (Wildman–Crippen LogP) is 5.94. The molecule has 1 heterocycles. The summed E-state index contributed by atoms with van der Waals surface area (Å²) in [6.45, 7) is 3.96. The van der Waals surface area contributed by atoms with E-state index in [9.17, 15) is 4.79 Å². The number of carbonyl (C=O) groups is 1. The molecule has 5 nitrogen and oxygen atoms in total. The zero-order valence-electron chi connectivity index (χ0n) is 17.2. The molecule has 4 aromatic rings. The van der Waals surface area contributed by atoms with E-state index >= 15 is 0 Å². The number of halogens is 1. The molecule has 0 atom stereocenters. The summed E-state index contributed by atoms with van der Waals surface area (Å²) in [6.07, 6.45) is 0. The Labute approximate surface area is 190 Å². The third-order valence-electron chi connectivity index (χ3n) is 4.75. The van der Waals surface area contributed by atoms with E-state index in [2.05, 4.69) is 15.5 Å². The Morgan fingerprint density at radius 3 is 2.45 bits per heavy atom. The van der Waals surface area contributed by atoms with Crippen molar-refractivity contribution in [2.75, 3.05) is 11.1 Å². The van der Waals surface area contributed by atoms with Crippen LogP contribution >= 0.6 is 23.4 Å². The Balaban J connectivity index is 1.58. The van der Waals surface area contributed by atoms with Crippen molar-refractivity contribution in [2.45, 2.75) is 19.0 Å². The first-order valence-corrected chi connectivity index (χ1v) is 11.1. The maximum atomic E-state index is 12.6. The summed E-state index contributed by atoms with van der Waals surface area (Å²) in [7, 11) is 0. The molecule has 1 amide bonds. The van der Waals surface area contributed by atoms with Gasteiger partial charge in [0, 0.05) is 22.0 Å². The second-order valence-corrected chi connectivity index (χ2v) is 8.52. The number of amides is 1. The molecule has 0 saturated carbocycles. The molecule has 0 unspecified atom stereocenters. The molecule has 0 bridgehead atoms. The molecule has 1 N–H and O–H groups in total. The van der Waals surface area contributed by atoms with Crippen molar-refractivity contribution in [3.05, 3.63) is 88.9 Å². The van der Waals surface area contributed by atoms with Crippen LogP contribution < -0.4 is 5.32 Å². The van der Waals surface area contributed by atoms with Gasteiger partial charge in [0.15, 0.2) is 11.0 Å². The van der Waals surface area contributed by atoms with Gasteiger partial charge >= 0.3 is 0 Å². The number of hydrogen-bond acceptors (Lipinski definition) is 4. The van der Waals surface area contributed by atoms with Crippen LogP contribution in [0.3, 0.4) is 0 Å². The number of benzene rings is 3. The Hall–Kier alpha value is -3.09. The van der Waals surface area contributed by atoms with Crippen molar-refractivity contribution in [1.29, 1.82) is 0 Å². The fourth-order valence-electron chi connectivity index (χ4n) is 3.15. The minimum absolute atomic E-state index is 0.116. The monoisotopic (exact) mass is 448 g/mol. The predicted molar refractivity (Wildman–Crippen MR) is 127 cm³/mol. The van der Waals surface area contributed by atoms with Crippen molar-refractivity contribution >= 4 is 35.0 Å². The number of para-hydroxylation sites is 1. The lowest BCUT2D eigenvalue weighted by Gasteiger charge is -2.11.